The first-order valence-electron chi connectivity index (χ1n) is 10.9. The van der Waals surface area contributed by atoms with Gasteiger partial charge in [0.2, 0.25) is 0 Å². The van der Waals surface area contributed by atoms with Crippen LogP contribution in [0.25, 0.3) is 0 Å². The van der Waals surface area contributed by atoms with Crippen LogP contribution < -0.4 is 0 Å². The van der Waals surface area contributed by atoms with Crippen LogP contribution in [0.1, 0.15) is 78.6 Å². The minimum Gasteiger partial charge on any atom is -0.460 e. The van der Waals surface area contributed by atoms with Crippen molar-refractivity contribution >= 4 is 5.97 Å². The Morgan fingerprint density at radius 2 is 2.00 bits per heavy atom. The predicted molar refractivity (Wildman–Crippen MR) is 115 cm³/mol. The fourth-order valence-electron chi connectivity index (χ4n) is 3.71. The lowest BCUT2D eigenvalue weighted by Crippen LogP contribution is -2.34. The van der Waals surface area contributed by atoms with Crippen LogP contribution in [-0.2, 0) is 9.53 Å². The first-order chi connectivity index (χ1) is 13.3. The van der Waals surface area contributed by atoms with Gasteiger partial charge in [0, 0.05) is 13.3 Å². The van der Waals surface area contributed by atoms with Crippen molar-refractivity contribution in [3.8, 4) is 0 Å². The normalized spacial score (nSPS) is 21.9. The molecule has 4 nitrogen and oxygen atoms in total. The van der Waals surface area contributed by atoms with Gasteiger partial charge in [-0.15, -0.1) is 0 Å². The number of ether oxygens (including phenoxy) is 1. The summed E-state index contributed by atoms with van der Waals surface area (Å²) in [7, 11) is 0. The maximum absolute atomic E-state index is 10.7. The summed E-state index contributed by atoms with van der Waals surface area (Å²) in [6, 6.07) is 0. The molecule has 28 heavy (non-hydrogen) atoms. The molecule has 1 rings (SSSR count). The van der Waals surface area contributed by atoms with Gasteiger partial charge in [-0.1, -0.05) is 56.7 Å². The number of carbonyl (C=O) groups is 1. The summed E-state index contributed by atoms with van der Waals surface area (Å²) in [4.78, 5) is 10.7. The highest BCUT2D eigenvalue weighted by Crippen LogP contribution is 2.35. The van der Waals surface area contributed by atoms with Crippen LogP contribution in [-0.4, -0.2) is 28.6 Å². The second-order valence-corrected chi connectivity index (χ2v) is 8.19. The van der Waals surface area contributed by atoms with Crippen molar-refractivity contribution in [2.24, 2.45) is 17.8 Å². The second kappa shape index (κ2) is 13.7. The van der Waals surface area contributed by atoms with E-state index >= 15 is 0 Å². The van der Waals surface area contributed by atoms with E-state index in [-0.39, 0.29) is 13.0 Å². The summed E-state index contributed by atoms with van der Waals surface area (Å²) < 4.78 is 4.66. The van der Waals surface area contributed by atoms with Crippen LogP contribution in [0.2, 0.25) is 0 Å². The molecule has 1 aliphatic carbocycles. The fourth-order valence-corrected chi connectivity index (χ4v) is 3.71. The summed E-state index contributed by atoms with van der Waals surface area (Å²) in [6.07, 6.45) is 22.6. The Hall–Kier alpha value is -1.39. The van der Waals surface area contributed by atoms with Gasteiger partial charge in [-0.25, -0.2) is 0 Å². The molecular formula is C24H40O4. The third-order valence-electron chi connectivity index (χ3n) is 5.37. The van der Waals surface area contributed by atoms with Gasteiger partial charge in [-0.05, 0) is 62.7 Å². The van der Waals surface area contributed by atoms with Crippen molar-refractivity contribution in [3.05, 3.63) is 36.5 Å². The van der Waals surface area contributed by atoms with E-state index in [4.69, 9.17) is 0 Å². The smallest absolute Gasteiger partial charge is 0.302 e. The van der Waals surface area contributed by atoms with Crippen molar-refractivity contribution in [1.29, 1.82) is 0 Å². The van der Waals surface area contributed by atoms with Crippen LogP contribution in [0.5, 0.6) is 0 Å². The molecule has 0 aromatic carbocycles. The van der Waals surface area contributed by atoms with Crippen LogP contribution in [0.15, 0.2) is 36.5 Å². The molecule has 1 saturated carbocycles. The maximum atomic E-state index is 10.7. The molecule has 0 aromatic heterocycles. The summed E-state index contributed by atoms with van der Waals surface area (Å²) in [5, 5.41) is 19.5. The second-order valence-electron chi connectivity index (χ2n) is 8.19. The van der Waals surface area contributed by atoms with Crippen molar-refractivity contribution in [2.75, 3.05) is 6.61 Å². The number of rotatable bonds is 13. The van der Waals surface area contributed by atoms with Crippen molar-refractivity contribution in [3.63, 3.8) is 0 Å². The molecular weight excluding hydrogens is 352 g/mol. The summed E-state index contributed by atoms with van der Waals surface area (Å²) in [5.41, 5.74) is 0. The molecule has 1 aliphatic rings. The highest BCUT2D eigenvalue weighted by atomic mass is 16.6. The molecule has 4 heteroatoms. The molecule has 0 aliphatic heterocycles. The first-order valence-corrected chi connectivity index (χ1v) is 10.9. The predicted octanol–water partition coefficient (Wildman–Crippen LogP) is 5.31. The molecule has 0 radical (unpaired) electrons. The van der Waals surface area contributed by atoms with Gasteiger partial charge >= 0.3 is 5.97 Å². The van der Waals surface area contributed by atoms with Crippen molar-refractivity contribution in [2.45, 2.75) is 84.3 Å². The molecule has 0 heterocycles. The Balaban J connectivity index is 2.25. The molecule has 0 bridgehead atoms. The summed E-state index contributed by atoms with van der Waals surface area (Å²) >= 11 is 0. The van der Waals surface area contributed by atoms with Gasteiger partial charge in [-0.2, -0.15) is 0 Å². The average molecular weight is 393 g/mol. The Morgan fingerprint density at radius 1 is 1.21 bits per heavy atom. The molecule has 0 amide bonds. The van der Waals surface area contributed by atoms with Gasteiger partial charge in [0.25, 0.3) is 0 Å². The van der Waals surface area contributed by atoms with E-state index in [0.29, 0.717) is 18.3 Å². The number of carbonyl (C=O) groups excluding carboxylic acids is 1. The monoisotopic (exact) mass is 392 g/mol. The van der Waals surface area contributed by atoms with Crippen molar-refractivity contribution < 1.29 is 19.7 Å². The molecule has 0 spiro atoms. The van der Waals surface area contributed by atoms with Gasteiger partial charge in [0.1, 0.15) is 6.61 Å². The molecule has 160 valence electrons. The zero-order chi connectivity index (χ0) is 20.8. The van der Waals surface area contributed by atoms with E-state index < -0.39 is 11.8 Å². The zero-order valence-electron chi connectivity index (χ0n) is 18.0. The Bertz CT molecular complexity index is 519. The summed E-state index contributed by atoms with van der Waals surface area (Å²) in [6.45, 7) is 5.33. The van der Waals surface area contributed by atoms with E-state index in [1.807, 2.05) is 0 Å². The highest BCUT2D eigenvalue weighted by molar-refractivity contribution is 5.65. The van der Waals surface area contributed by atoms with Crippen molar-refractivity contribution in [1.82, 2.24) is 0 Å². The Morgan fingerprint density at radius 3 is 2.71 bits per heavy atom. The summed E-state index contributed by atoms with van der Waals surface area (Å²) in [5.74, 6) is -0.392. The van der Waals surface area contributed by atoms with E-state index in [1.165, 1.54) is 26.2 Å². The van der Waals surface area contributed by atoms with Gasteiger partial charge in [0.05, 0.1) is 0 Å². The highest BCUT2D eigenvalue weighted by Gasteiger charge is 2.24. The number of allylic oxidation sites excluding steroid dienone is 6. The molecule has 2 N–H and O–H groups in total. The lowest BCUT2D eigenvalue weighted by Gasteiger charge is -2.20. The number of esters is 1. The van der Waals surface area contributed by atoms with E-state index in [9.17, 15) is 15.0 Å². The number of aliphatic hydroxyl groups is 2. The van der Waals surface area contributed by atoms with Crippen LogP contribution in [0, 0.1) is 17.8 Å². The largest absolute Gasteiger partial charge is 0.460 e. The Kier molecular flexibility index (Phi) is 12.1. The first kappa shape index (κ1) is 24.6. The standard InChI is InChI=1S/C24H40O4/c1-4-5-12-20(2)13-10-15-23-17-11-16-22(23)14-8-6-7-9-18-24(26,27)19-28-21(3)25/h5-6,8,10,12,15,20,22-23,26-27H,4,7,9,11,13-14,16-19H2,1-3H3/b8-6-,12-5+,15-10+/t20-,22+,23+/m1/s1. The number of hydrogen-bond acceptors (Lipinski definition) is 4. The number of hydrogen-bond donors (Lipinski definition) is 2. The minimum absolute atomic E-state index is 0.198. The molecule has 0 aromatic rings. The lowest BCUT2D eigenvalue weighted by atomic mass is 9.91. The van der Waals surface area contributed by atoms with Crippen LogP contribution in [0.4, 0.5) is 0 Å². The van der Waals surface area contributed by atoms with E-state index in [0.717, 1.165) is 31.6 Å². The maximum Gasteiger partial charge on any atom is 0.302 e. The van der Waals surface area contributed by atoms with Crippen LogP contribution >= 0.6 is 0 Å². The molecule has 3 atom stereocenters. The average Bonchev–Trinajstić information content (AvgIpc) is 3.08. The van der Waals surface area contributed by atoms with Gasteiger partial charge < -0.3 is 14.9 Å². The third kappa shape index (κ3) is 11.5. The molecule has 0 unspecified atom stereocenters. The lowest BCUT2D eigenvalue weighted by molar-refractivity contribution is -0.204. The quantitative estimate of drug-likeness (QED) is 0.193. The molecule has 0 saturated heterocycles. The topological polar surface area (TPSA) is 66.8 Å². The van der Waals surface area contributed by atoms with E-state index in [2.05, 4.69) is 55.0 Å². The SMILES string of the molecule is CC/C=C/[C@@H](C)C/C=C/[C@H]1CCC[C@@H]1C/C=C\CCCC(O)(O)COC(C)=O. The zero-order valence-corrected chi connectivity index (χ0v) is 18.0. The van der Waals surface area contributed by atoms with Gasteiger partial charge in [-0.3, -0.25) is 4.79 Å². The minimum atomic E-state index is -1.93. The van der Waals surface area contributed by atoms with E-state index in [1.54, 1.807) is 0 Å². The molecule has 1 fully saturated rings. The Labute approximate surface area is 171 Å². The third-order valence-corrected chi connectivity index (χ3v) is 5.37. The number of unbranched alkanes of at least 4 members (excludes halogenated alkanes) is 1. The fraction of sp³-hybridized carbons (Fsp3) is 0.708. The van der Waals surface area contributed by atoms with Crippen LogP contribution in [0.3, 0.4) is 0 Å². The van der Waals surface area contributed by atoms with Gasteiger partial charge in [0.15, 0.2) is 5.79 Å².